The van der Waals surface area contributed by atoms with Gasteiger partial charge in [0.1, 0.15) is 0 Å². The third-order valence-electron chi connectivity index (χ3n) is 1.25. The quantitative estimate of drug-likeness (QED) is 0.460. The van der Waals surface area contributed by atoms with E-state index < -0.39 is 12.2 Å². The summed E-state index contributed by atoms with van der Waals surface area (Å²) in [6, 6.07) is 0.296. The van der Waals surface area contributed by atoms with E-state index in [1.54, 1.807) is 0 Å². The number of hydrogen-bond donors (Lipinski definition) is 4. The number of nitrogens with one attached hydrogen (secondary N) is 2. The van der Waals surface area contributed by atoms with Gasteiger partial charge in [-0.05, 0) is 0 Å². The van der Waals surface area contributed by atoms with Crippen LogP contribution in [-0.2, 0) is 0 Å². The second-order valence-electron chi connectivity index (χ2n) is 2.90. The molecule has 0 aromatic carbocycles. The Hall–Kier alpha value is -0.810. The molecule has 0 bridgehead atoms. The van der Waals surface area contributed by atoms with Crippen molar-refractivity contribution in [3.8, 4) is 0 Å². The minimum Gasteiger partial charge on any atom is -0.465 e. The summed E-state index contributed by atoms with van der Waals surface area (Å²) >= 11 is 0. The first-order valence-corrected chi connectivity index (χ1v) is 3.90. The molecular formula is C7H16N2O3. The van der Waals surface area contributed by atoms with Gasteiger partial charge in [0.05, 0.1) is 6.10 Å². The molecule has 0 rings (SSSR count). The van der Waals surface area contributed by atoms with Crippen LogP contribution in [0.3, 0.4) is 0 Å². The molecule has 0 aromatic rings. The van der Waals surface area contributed by atoms with E-state index in [-0.39, 0.29) is 6.54 Å². The summed E-state index contributed by atoms with van der Waals surface area (Å²) in [6.07, 6.45) is -1.78. The first kappa shape index (κ1) is 11.2. The van der Waals surface area contributed by atoms with Crippen molar-refractivity contribution in [2.24, 2.45) is 0 Å². The topological polar surface area (TPSA) is 81.6 Å². The molecule has 12 heavy (non-hydrogen) atoms. The highest BCUT2D eigenvalue weighted by Gasteiger charge is 2.05. The van der Waals surface area contributed by atoms with E-state index in [9.17, 15) is 4.79 Å². The lowest BCUT2D eigenvalue weighted by Gasteiger charge is -2.13. The number of carboxylic acid groups (broad SMARTS) is 1. The van der Waals surface area contributed by atoms with E-state index in [1.807, 2.05) is 13.8 Å². The van der Waals surface area contributed by atoms with Crippen LogP contribution in [0.2, 0.25) is 0 Å². The molecule has 5 heteroatoms. The van der Waals surface area contributed by atoms with Crippen LogP contribution >= 0.6 is 0 Å². The molecule has 72 valence electrons. The van der Waals surface area contributed by atoms with Gasteiger partial charge in [-0.3, -0.25) is 0 Å². The van der Waals surface area contributed by atoms with E-state index in [0.717, 1.165) is 0 Å². The van der Waals surface area contributed by atoms with Crippen LogP contribution in [0.5, 0.6) is 0 Å². The molecule has 0 aromatic heterocycles. The van der Waals surface area contributed by atoms with Gasteiger partial charge in [0.2, 0.25) is 0 Å². The molecule has 1 atom stereocenters. The number of aliphatic hydroxyl groups is 1. The zero-order valence-electron chi connectivity index (χ0n) is 7.37. The van der Waals surface area contributed by atoms with Crippen molar-refractivity contribution in [1.82, 2.24) is 10.6 Å². The largest absolute Gasteiger partial charge is 0.465 e. The Kier molecular flexibility index (Phi) is 5.40. The predicted octanol–water partition coefficient (Wildman–Crippen LogP) is -0.387. The molecule has 0 radical (unpaired) electrons. The summed E-state index contributed by atoms with van der Waals surface area (Å²) in [4.78, 5) is 10.00. The number of carbonyl (C=O) groups is 1. The van der Waals surface area contributed by atoms with Crippen molar-refractivity contribution in [2.75, 3.05) is 13.1 Å². The molecule has 0 aliphatic rings. The van der Waals surface area contributed by atoms with Crippen molar-refractivity contribution in [3.63, 3.8) is 0 Å². The Morgan fingerprint density at radius 1 is 1.42 bits per heavy atom. The van der Waals surface area contributed by atoms with Crippen LogP contribution in [0.1, 0.15) is 13.8 Å². The maximum atomic E-state index is 10.00. The van der Waals surface area contributed by atoms with Crippen LogP contribution < -0.4 is 10.6 Å². The van der Waals surface area contributed by atoms with Gasteiger partial charge >= 0.3 is 6.09 Å². The zero-order valence-corrected chi connectivity index (χ0v) is 7.37. The van der Waals surface area contributed by atoms with E-state index in [0.29, 0.717) is 12.6 Å². The van der Waals surface area contributed by atoms with Crippen molar-refractivity contribution < 1.29 is 15.0 Å². The average Bonchev–Trinajstić information content (AvgIpc) is 1.96. The van der Waals surface area contributed by atoms with Crippen molar-refractivity contribution in [2.45, 2.75) is 26.0 Å². The highest BCUT2D eigenvalue weighted by Crippen LogP contribution is 1.81. The summed E-state index contributed by atoms with van der Waals surface area (Å²) in [7, 11) is 0. The first-order valence-electron chi connectivity index (χ1n) is 3.90. The molecule has 0 heterocycles. The average molecular weight is 176 g/mol. The van der Waals surface area contributed by atoms with E-state index in [2.05, 4.69) is 10.6 Å². The summed E-state index contributed by atoms with van der Waals surface area (Å²) in [5.74, 6) is 0. The lowest BCUT2D eigenvalue weighted by atomic mass is 10.3. The molecule has 1 unspecified atom stereocenters. The second kappa shape index (κ2) is 5.79. The molecule has 0 spiro atoms. The van der Waals surface area contributed by atoms with Crippen molar-refractivity contribution in [1.29, 1.82) is 0 Å². The van der Waals surface area contributed by atoms with Gasteiger partial charge in [-0.2, -0.15) is 0 Å². The third-order valence-corrected chi connectivity index (χ3v) is 1.25. The Morgan fingerprint density at radius 3 is 2.42 bits per heavy atom. The van der Waals surface area contributed by atoms with Gasteiger partial charge in [0, 0.05) is 19.1 Å². The minimum absolute atomic E-state index is 0.0645. The van der Waals surface area contributed by atoms with Gasteiger partial charge in [-0.25, -0.2) is 4.79 Å². The fourth-order valence-corrected chi connectivity index (χ4v) is 0.649. The molecule has 4 N–H and O–H groups in total. The highest BCUT2D eigenvalue weighted by atomic mass is 16.4. The fraction of sp³-hybridized carbons (Fsp3) is 0.857. The standard InChI is InChI=1S/C7H16N2O3/c1-5(2)8-3-6(10)4-9-7(11)12/h5-6,8-10H,3-4H2,1-2H3,(H,11,12). The number of rotatable bonds is 5. The van der Waals surface area contributed by atoms with Crippen LogP contribution in [-0.4, -0.2) is 41.5 Å². The normalized spacial score (nSPS) is 13.0. The molecular weight excluding hydrogens is 160 g/mol. The molecule has 0 saturated heterocycles. The monoisotopic (exact) mass is 176 g/mol. The summed E-state index contributed by atoms with van der Waals surface area (Å²) < 4.78 is 0. The minimum atomic E-state index is -1.11. The van der Waals surface area contributed by atoms with Crippen molar-refractivity contribution in [3.05, 3.63) is 0 Å². The number of hydrogen-bond acceptors (Lipinski definition) is 3. The molecule has 0 aliphatic heterocycles. The van der Waals surface area contributed by atoms with E-state index in [4.69, 9.17) is 10.2 Å². The molecule has 0 fully saturated rings. The Morgan fingerprint density at radius 2 is 2.00 bits per heavy atom. The fourth-order valence-electron chi connectivity index (χ4n) is 0.649. The summed E-state index contributed by atoms with van der Waals surface area (Å²) in [5, 5.41) is 22.4. The van der Waals surface area contributed by atoms with Crippen molar-refractivity contribution >= 4 is 6.09 Å². The van der Waals surface area contributed by atoms with E-state index in [1.165, 1.54) is 0 Å². The maximum Gasteiger partial charge on any atom is 0.404 e. The SMILES string of the molecule is CC(C)NCC(O)CNC(=O)O. The summed E-state index contributed by atoms with van der Waals surface area (Å²) in [5.41, 5.74) is 0. The van der Waals surface area contributed by atoms with Gasteiger partial charge in [0.25, 0.3) is 0 Å². The number of aliphatic hydroxyl groups excluding tert-OH is 1. The van der Waals surface area contributed by atoms with Crippen LogP contribution in [0.4, 0.5) is 4.79 Å². The smallest absolute Gasteiger partial charge is 0.404 e. The molecule has 0 saturated carbocycles. The number of amides is 1. The third kappa shape index (κ3) is 7.30. The van der Waals surface area contributed by atoms with Crippen LogP contribution in [0.15, 0.2) is 0 Å². The highest BCUT2D eigenvalue weighted by molar-refractivity contribution is 5.64. The lowest BCUT2D eigenvalue weighted by Crippen LogP contribution is -2.39. The van der Waals surface area contributed by atoms with Crippen LogP contribution in [0, 0.1) is 0 Å². The Balaban J connectivity index is 3.33. The molecule has 1 amide bonds. The molecule has 5 nitrogen and oxygen atoms in total. The second-order valence-corrected chi connectivity index (χ2v) is 2.90. The van der Waals surface area contributed by atoms with Gasteiger partial charge in [0.15, 0.2) is 0 Å². The Labute approximate surface area is 71.8 Å². The van der Waals surface area contributed by atoms with Crippen LogP contribution in [0.25, 0.3) is 0 Å². The Bertz CT molecular complexity index is 139. The molecule has 0 aliphatic carbocycles. The predicted molar refractivity (Wildman–Crippen MR) is 45.2 cm³/mol. The zero-order chi connectivity index (χ0) is 9.56. The van der Waals surface area contributed by atoms with Gasteiger partial charge in [-0.1, -0.05) is 13.8 Å². The maximum absolute atomic E-state index is 10.00. The lowest BCUT2D eigenvalue weighted by molar-refractivity contribution is 0.153. The van der Waals surface area contributed by atoms with E-state index >= 15 is 0 Å². The van der Waals surface area contributed by atoms with Gasteiger partial charge in [-0.15, -0.1) is 0 Å². The van der Waals surface area contributed by atoms with Gasteiger partial charge < -0.3 is 20.8 Å². The summed E-state index contributed by atoms with van der Waals surface area (Å²) in [6.45, 7) is 4.38. The first-order chi connectivity index (χ1) is 5.52.